The van der Waals surface area contributed by atoms with Crippen LogP contribution >= 0.6 is 0 Å². The lowest BCUT2D eigenvalue weighted by atomic mass is 9.95. The average Bonchev–Trinajstić information content (AvgIpc) is 2.86. The Bertz CT molecular complexity index is 853. The minimum Gasteiger partial charge on any atom is -0.389 e. The second kappa shape index (κ2) is 13.3. The molecule has 3 aliphatic rings. The fraction of sp³-hybridized carbons (Fsp3) is 0.680. The number of hydrogen-bond donors (Lipinski definition) is 3. The van der Waals surface area contributed by atoms with Crippen molar-refractivity contribution in [1.29, 1.82) is 0 Å². The molecule has 3 heterocycles. The van der Waals surface area contributed by atoms with Crippen LogP contribution in [0.25, 0.3) is 0 Å². The summed E-state index contributed by atoms with van der Waals surface area (Å²) in [7, 11) is 0. The largest absolute Gasteiger partial charge is 0.389 e. The number of aliphatic hydroxyl groups is 1. The number of morpholine rings is 1. The molecule has 0 aliphatic carbocycles. The van der Waals surface area contributed by atoms with Crippen molar-refractivity contribution >= 4 is 17.6 Å². The number of fused-ring (bicyclic) bond motifs is 1. The van der Waals surface area contributed by atoms with Gasteiger partial charge in [-0.15, -0.1) is 0 Å². The molecular weight excluding hydrogens is 471 g/mol. The predicted octanol–water partition coefficient (Wildman–Crippen LogP) is 1.20. The van der Waals surface area contributed by atoms with Crippen molar-refractivity contribution < 1.29 is 33.3 Å². The van der Waals surface area contributed by atoms with Gasteiger partial charge >= 0.3 is 6.03 Å². The number of hydrogen-bond acceptors (Lipinski definition) is 7. The van der Waals surface area contributed by atoms with Gasteiger partial charge < -0.3 is 34.9 Å². The summed E-state index contributed by atoms with van der Waals surface area (Å²) in [5.74, 6) is -0.437. The highest BCUT2D eigenvalue weighted by Crippen LogP contribution is 2.28. The van der Waals surface area contributed by atoms with Crippen LogP contribution in [0.4, 0.5) is 14.9 Å². The fourth-order valence-corrected chi connectivity index (χ4v) is 4.94. The number of carbonyl (C=O) groups is 2. The van der Waals surface area contributed by atoms with Gasteiger partial charge in [0.25, 0.3) is 0 Å². The summed E-state index contributed by atoms with van der Waals surface area (Å²) in [6, 6.07) is 4.82. The number of aliphatic hydroxyl groups excluding tert-OH is 1. The number of rotatable bonds is 7. The van der Waals surface area contributed by atoms with Crippen LogP contribution in [0.15, 0.2) is 24.3 Å². The van der Waals surface area contributed by atoms with Crippen LogP contribution in [-0.4, -0.2) is 110 Å². The highest BCUT2D eigenvalue weighted by atomic mass is 19.1. The third-order valence-electron chi connectivity index (χ3n) is 6.83. The minimum atomic E-state index is -0.828. The summed E-state index contributed by atoms with van der Waals surface area (Å²) in [6.45, 7) is 5.35. The number of halogens is 1. The topological polar surface area (TPSA) is 113 Å². The fourth-order valence-electron chi connectivity index (χ4n) is 4.94. The van der Waals surface area contributed by atoms with E-state index in [9.17, 15) is 19.1 Å². The van der Waals surface area contributed by atoms with Crippen molar-refractivity contribution in [3.63, 3.8) is 0 Å². The Morgan fingerprint density at radius 1 is 1.08 bits per heavy atom. The van der Waals surface area contributed by atoms with Crippen LogP contribution in [0.2, 0.25) is 0 Å². The zero-order chi connectivity index (χ0) is 25.3. The lowest BCUT2D eigenvalue weighted by molar-refractivity contribution is -0.149. The molecule has 4 atom stereocenters. The number of urea groups is 1. The number of anilines is 1. The summed E-state index contributed by atoms with van der Waals surface area (Å²) in [6.07, 6.45) is 0.864. The first-order chi connectivity index (χ1) is 17.5. The average molecular weight is 509 g/mol. The van der Waals surface area contributed by atoms with Gasteiger partial charge in [-0.1, -0.05) is 0 Å². The molecule has 1 aromatic rings. The van der Waals surface area contributed by atoms with E-state index in [1.54, 1.807) is 4.90 Å². The Hall–Kier alpha value is -2.31. The van der Waals surface area contributed by atoms with Crippen LogP contribution in [0.5, 0.6) is 0 Å². The molecule has 3 saturated heterocycles. The maximum atomic E-state index is 13.2. The predicted molar refractivity (Wildman–Crippen MR) is 130 cm³/mol. The molecule has 0 saturated carbocycles. The minimum absolute atomic E-state index is 0.0477. The molecule has 0 bridgehead atoms. The first-order valence-electron chi connectivity index (χ1n) is 12.8. The highest BCUT2D eigenvalue weighted by Gasteiger charge is 2.40. The zero-order valence-electron chi connectivity index (χ0n) is 20.6. The van der Waals surface area contributed by atoms with Gasteiger partial charge in [0.1, 0.15) is 11.9 Å². The Morgan fingerprint density at radius 3 is 2.64 bits per heavy atom. The smallest absolute Gasteiger partial charge is 0.322 e. The Balaban J connectivity index is 1.26. The standard InChI is InChI=1S/C25H37FN4O6/c26-18-2-4-19(5-3-18)28-25(33)30-15-20(31)16-35-17-23-22(30)7-6-21(36-23)14-24(32)27-8-1-9-29-10-12-34-13-11-29/h2-5,20-23,31H,1,6-17H2,(H,27,32)(H,28,33)/t20-,21+,22-,23+/m0/s1. The van der Waals surface area contributed by atoms with Crippen molar-refractivity contribution in [2.45, 2.75) is 50.0 Å². The normalized spacial score (nSPS) is 27.4. The Kier molecular flexibility index (Phi) is 9.88. The summed E-state index contributed by atoms with van der Waals surface area (Å²) >= 11 is 0. The molecule has 0 radical (unpaired) electrons. The second-order valence-electron chi connectivity index (χ2n) is 9.58. The molecular formula is C25H37FN4O6. The van der Waals surface area contributed by atoms with E-state index in [4.69, 9.17) is 14.2 Å². The molecule has 36 heavy (non-hydrogen) atoms. The maximum absolute atomic E-state index is 13.2. The number of benzene rings is 1. The molecule has 3 aliphatic heterocycles. The monoisotopic (exact) mass is 508 g/mol. The van der Waals surface area contributed by atoms with Gasteiger partial charge in [-0.2, -0.15) is 0 Å². The molecule has 0 spiro atoms. The van der Waals surface area contributed by atoms with Crippen molar-refractivity contribution in [3.05, 3.63) is 30.1 Å². The lowest BCUT2D eigenvalue weighted by Gasteiger charge is -2.44. The van der Waals surface area contributed by atoms with E-state index in [2.05, 4.69) is 15.5 Å². The van der Waals surface area contributed by atoms with Crippen molar-refractivity contribution in [1.82, 2.24) is 15.1 Å². The molecule has 0 aromatic heterocycles. The molecule has 4 rings (SSSR count). The Morgan fingerprint density at radius 2 is 1.86 bits per heavy atom. The summed E-state index contributed by atoms with van der Waals surface area (Å²) in [5, 5.41) is 16.0. The van der Waals surface area contributed by atoms with Gasteiger partial charge in [0.05, 0.1) is 57.6 Å². The molecule has 200 valence electrons. The van der Waals surface area contributed by atoms with Crippen molar-refractivity contribution in [3.8, 4) is 0 Å². The van der Waals surface area contributed by atoms with Crippen LogP contribution in [0.3, 0.4) is 0 Å². The van der Waals surface area contributed by atoms with Crippen LogP contribution < -0.4 is 10.6 Å². The van der Waals surface area contributed by atoms with E-state index in [0.29, 0.717) is 25.1 Å². The molecule has 10 nitrogen and oxygen atoms in total. The van der Waals surface area contributed by atoms with E-state index in [1.165, 1.54) is 24.3 Å². The summed E-state index contributed by atoms with van der Waals surface area (Å²) in [5.41, 5.74) is 0.464. The number of nitrogens with one attached hydrogen (secondary N) is 2. The quantitative estimate of drug-likeness (QED) is 0.475. The van der Waals surface area contributed by atoms with E-state index in [-0.39, 0.29) is 50.0 Å². The van der Waals surface area contributed by atoms with Gasteiger partial charge in [-0.3, -0.25) is 9.69 Å². The van der Waals surface area contributed by atoms with E-state index in [1.807, 2.05) is 0 Å². The van der Waals surface area contributed by atoms with Crippen LogP contribution in [-0.2, 0) is 19.0 Å². The summed E-state index contributed by atoms with van der Waals surface area (Å²) < 4.78 is 30.4. The molecule has 1 aromatic carbocycles. The Labute approximate surface area is 211 Å². The SMILES string of the molecule is O=C(C[C@H]1CC[C@H]2[C@@H](COC[C@@H](O)CN2C(=O)Nc2ccc(F)cc2)O1)NCCCN1CCOCC1. The van der Waals surface area contributed by atoms with Crippen LogP contribution in [0, 0.1) is 5.82 Å². The van der Waals surface area contributed by atoms with Gasteiger partial charge in [0.15, 0.2) is 0 Å². The first-order valence-corrected chi connectivity index (χ1v) is 12.8. The van der Waals surface area contributed by atoms with Gasteiger partial charge in [-0.05, 0) is 50.1 Å². The third-order valence-corrected chi connectivity index (χ3v) is 6.83. The number of ether oxygens (including phenoxy) is 3. The van der Waals surface area contributed by atoms with E-state index >= 15 is 0 Å². The second-order valence-corrected chi connectivity index (χ2v) is 9.58. The molecule has 3 fully saturated rings. The van der Waals surface area contributed by atoms with Gasteiger partial charge in [-0.25, -0.2) is 9.18 Å². The highest BCUT2D eigenvalue weighted by molar-refractivity contribution is 5.89. The lowest BCUT2D eigenvalue weighted by Crippen LogP contribution is -2.58. The molecule has 3 N–H and O–H groups in total. The molecule has 0 unspecified atom stereocenters. The first kappa shape index (κ1) is 26.7. The van der Waals surface area contributed by atoms with E-state index in [0.717, 1.165) is 39.3 Å². The van der Waals surface area contributed by atoms with Crippen LogP contribution in [0.1, 0.15) is 25.7 Å². The molecule has 3 amide bonds. The number of nitrogens with zero attached hydrogens (tertiary/aromatic N) is 2. The summed E-state index contributed by atoms with van der Waals surface area (Å²) in [4.78, 5) is 29.5. The van der Waals surface area contributed by atoms with E-state index < -0.39 is 18.2 Å². The number of amides is 3. The van der Waals surface area contributed by atoms with Gasteiger partial charge in [0, 0.05) is 25.3 Å². The zero-order valence-corrected chi connectivity index (χ0v) is 20.6. The molecule has 11 heteroatoms. The third kappa shape index (κ3) is 7.84. The van der Waals surface area contributed by atoms with Crippen molar-refractivity contribution in [2.75, 3.05) is 64.5 Å². The van der Waals surface area contributed by atoms with Gasteiger partial charge in [0.2, 0.25) is 5.91 Å². The van der Waals surface area contributed by atoms with Crippen molar-refractivity contribution in [2.24, 2.45) is 0 Å². The number of carbonyl (C=O) groups excluding carboxylic acids is 2. The number of β-amino-alcohol motifs (C(OH)–C–C–N with tert-alkyl or cyclic N) is 1. The maximum Gasteiger partial charge on any atom is 0.322 e.